The number of hydrogen-bond acceptors (Lipinski definition) is 4. The van der Waals surface area contributed by atoms with Gasteiger partial charge < -0.3 is 15.3 Å². The van der Waals surface area contributed by atoms with E-state index in [1.54, 1.807) is 6.07 Å². The first-order valence-corrected chi connectivity index (χ1v) is 3.71. The molecule has 0 saturated heterocycles. The Balaban J connectivity index is 3.15. The topological polar surface area (TPSA) is 102 Å². The van der Waals surface area contributed by atoms with Crippen LogP contribution in [0, 0.1) is 11.3 Å². The predicted octanol–water partition coefficient (Wildman–Crippen LogP) is 0.597. The second kappa shape index (κ2) is 3.66. The fraction of sp³-hybridized carbons (Fsp3) is 0.111. The summed E-state index contributed by atoms with van der Waals surface area (Å²) in [5, 5.41) is 35.4. The SMILES string of the molecule is N#Cc1c(O)cc(CC(=O)O)cc1O. The molecule has 0 aliphatic heterocycles. The van der Waals surface area contributed by atoms with Gasteiger partial charge in [-0.3, -0.25) is 4.79 Å². The summed E-state index contributed by atoms with van der Waals surface area (Å²) in [7, 11) is 0. The van der Waals surface area contributed by atoms with Crippen LogP contribution in [0.2, 0.25) is 0 Å². The number of phenolic OH excluding ortho intramolecular Hbond substituents is 2. The molecule has 0 amide bonds. The highest BCUT2D eigenvalue weighted by atomic mass is 16.4. The van der Waals surface area contributed by atoms with Gasteiger partial charge >= 0.3 is 5.97 Å². The fourth-order valence-corrected chi connectivity index (χ4v) is 1.06. The molecule has 0 aromatic heterocycles. The number of carbonyl (C=O) groups is 1. The molecule has 0 aliphatic carbocycles. The minimum Gasteiger partial charge on any atom is -0.506 e. The molecule has 1 aromatic carbocycles. The number of aliphatic carboxylic acids is 1. The number of carboxylic acid groups (broad SMARTS) is 1. The smallest absolute Gasteiger partial charge is 0.307 e. The summed E-state index contributed by atoms with van der Waals surface area (Å²) in [5.74, 6) is -1.90. The van der Waals surface area contributed by atoms with E-state index >= 15 is 0 Å². The fourth-order valence-electron chi connectivity index (χ4n) is 1.06. The van der Waals surface area contributed by atoms with Gasteiger partial charge in [0, 0.05) is 0 Å². The maximum atomic E-state index is 10.3. The lowest BCUT2D eigenvalue weighted by atomic mass is 10.1. The quantitative estimate of drug-likeness (QED) is 0.638. The van der Waals surface area contributed by atoms with Gasteiger partial charge in [-0.2, -0.15) is 5.26 Å². The molecule has 0 heterocycles. The van der Waals surface area contributed by atoms with Crippen LogP contribution in [-0.4, -0.2) is 21.3 Å². The van der Waals surface area contributed by atoms with E-state index in [0.717, 1.165) is 12.1 Å². The molecule has 14 heavy (non-hydrogen) atoms. The Labute approximate surface area is 79.5 Å². The Hall–Kier alpha value is -2.22. The first kappa shape index (κ1) is 9.86. The second-order valence-corrected chi connectivity index (χ2v) is 2.69. The van der Waals surface area contributed by atoms with Crippen molar-refractivity contribution in [1.82, 2.24) is 0 Å². The molecular weight excluding hydrogens is 186 g/mol. The molecule has 0 aliphatic rings. The Morgan fingerprint density at radius 2 is 1.86 bits per heavy atom. The van der Waals surface area contributed by atoms with Crippen molar-refractivity contribution >= 4 is 5.97 Å². The summed E-state index contributed by atoms with van der Waals surface area (Å²) >= 11 is 0. The van der Waals surface area contributed by atoms with Crippen LogP contribution < -0.4 is 0 Å². The van der Waals surface area contributed by atoms with Crippen molar-refractivity contribution in [2.45, 2.75) is 6.42 Å². The molecule has 0 saturated carbocycles. The number of hydrogen-bond donors (Lipinski definition) is 3. The number of nitrogens with zero attached hydrogens (tertiary/aromatic N) is 1. The van der Waals surface area contributed by atoms with Crippen molar-refractivity contribution in [3.05, 3.63) is 23.3 Å². The molecule has 0 unspecified atom stereocenters. The van der Waals surface area contributed by atoms with E-state index in [-0.39, 0.29) is 17.5 Å². The number of phenols is 2. The third kappa shape index (κ3) is 1.93. The molecular formula is C9H7NO4. The van der Waals surface area contributed by atoms with E-state index in [9.17, 15) is 15.0 Å². The van der Waals surface area contributed by atoms with Crippen LogP contribution in [0.3, 0.4) is 0 Å². The predicted molar refractivity (Wildman–Crippen MR) is 45.8 cm³/mol. The molecule has 0 bridgehead atoms. The van der Waals surface area contributed by atoms with Crippen LogP contribution in [0.4, 0.5) is 0 Å². The minimum absolute atomic E-state index is 0.242. The summed E-state index contributed by atoms with van der Waals surface area (Å²) in [6.07, 6.45) is -0.313. The van der Waals surface area contributed by atoms with Crippen molar-refractivity contribution < 1.29 is 20.1 Å². The van der Waals surface area contributed by atoms with Crippen molar-refractivity contribution in [3.63, 3.8) is 0 Å². The lowest BCUT2D eigenvalue weighted by Crippen LogP contribution is -2.00. The summed E-state index contributed by atoms with van der Waals surface area (Å²) in [6, 6.07) is 3.89. The maximum Gasteiger partial charge on any atom is 0.307 e. The lowest BCUT2D eigenvalue weighted by molar-refractivity contribution is -0.136. The Morgan fingerprint density at radius 1 is 1.36 bits per heavy atom. The number of rotatable bonds is 2. The van der Waals surface area contributed by atoms with E-state index in [2.05, 4.69) is 0 Å². The van der Waals surface area contributed by atoms with Gasteiger partial charge in [0.1, 0.15) is 23.1 Å². The van der Waals surface area contributed by atoms with Gasteiger partial charge in [-0.1, -0.05) is 0 Å². The van der Waals surface area contributed by atoms with Crippen LogP contribution in [-0.2, 0) is 11.2 Å². The van der Waals surface area contributed by atoms with Crippen LogP contribution in [0.5, 0.6) is 11.5 Å². The summed E-state index contributed by atoms with van der Waals surface area (Å²) < 4.78 is 0. The van der Waals surface area contributed by atoms with Crippen LogP contribution >= 0.6 is 0 Å². The highest BCUT2D eigenvalue weighted by Crippen LogP contribution is 2.27. The number of nitriles is 1. The molecule has 1 rings (SSSR count). The lowest BCUT2D eigenvalue weighted by Gasteiger charge is -2.02. The Kier molecular flexibility index (Phi) is 2.58. The zero-order valence-corrected chi connectivity index (χ0v) is 7.06. The van der Waals surface area contributed by atoms with Crippen molar-refractivity contribution in [2.75, 3.05) is 0 Å². The first-order valence-electron chi connectivity index (χ1n) is 3.71. The van der Waals surface area contributed by atoms with E-state index < -0.39 is 17.5 Å². The third-order valence-electron chi connectivity index (χ3n) is 1.62. The second-order valence-electron chi connectivity index (χ2n) is 2.69. The standard InChI is InChI=1S/C9H7NO4/c10-4-6-7(11)1-5(2-8(6)12)3-9(13)14/h1-2,11-12H,3H2,(H,13,14). The van der Waals surface area contributed by atoms with E-state index in [1.807, 2.05) is 0 Å². The monoisotopic (exact) mass is 193 g/mol. The van der Waals surface area contributed by atoms with Crippen molar-refractivity contribution in [3.8, 4) is 17.6 Å². The average Bonchev–Trinajstić information content (AvgIpc) is 2.01. The van der Waals surface area contributed by atoms with Gasteiger partial charge in [-0.15, -0.1) is 0 Å². The van der Waals surface area contributed by atoms with Crippen molar-refractivity contribution in [2.24, 2.45) is 0 Å². The molecule has 72 valence electrons. The van der Waals surface area contributed by atoms with Gasteiger partial charge in [0.05, 0.1) is 6.42 Å². The highest BCUT2D eigenvalue weighted by molar-refractivity contribution is 5.71. The highest BCUT2D eigenvalue weighted by Gasteiger charge is 2.10. The van der Waals surface area contributed by atoms with Crippen LogP contribution in [0.1, 0.15) is 11.1 Å². The van der Waals surface area contributed by atoms with E-state index in [4.69, 9.17) is 10.4 Å². The Bertz CT molecular complexity index is 396. The van der Waals surface area contributed by atoms with Gasteiger partial charge in [0.15, 0.2) is 0 Å². The van der Waals surface area contributed by atoms with Gasteiger partial charge in [-0.05, 0) is 17.7 Å². The number of aromatic hydroxyl groups is 2. The van der Waals surface area contributed by atoms with E-state index in [1.165, 1.54) is 0 Å². The summed E-state index contributed by atoms with van der Waals surface area (Å²) in [6.45, 7) is 0. The first-order chi connectivity index (χ1) is 6.54. The van der Waals surface area contributed by atoms with Crippen molar-refractivity contribution in [1.29, 1.82) is 5.26 Å². The average molecular weight is 193 g/mol. The molecule has 1 aromatic rings. The zero-order valence-electron chi connectivity index (χ0n) is 7.06. The molecule has 0 fully saturated rings. The zero-order chi connectivity index (χ0) is 10.7. The minimum atomic E-state index is -1.08. The van der Waals surface area contributed by atoms with E-state index in [0.29, 0.717) is 0 Å². The molecule has 0 radical (unpaired) electrons. The third-order valence-corrected chi connectivity index (χ3v) is 1.62. The maximum absolute atomic E-state index is 10.3. The summed E-state index contributed by atoms with van der Waals surface area (Å²) in [5.41, 5.74) is -0.00867. The number of benzene rings is 1. The number of carboxylic acids is 1. The summed E-state index contributed by atoms with van der Waals surface area (Å²) in [4.78, 5) is 10.3. The van der Waals surface area contributed by atoms with Gasteiger partial charge in [-0.25, -0.2) is 0 Å². The molecule has 5 heteroatoms. The van der Waals surface area contributed by atoms with Crippen LogP contribution in [0.15, 0.2) is 12.1 Å². The molecule has 0 atom stereocenters. The largest absolute Gasteiger partial charge is 0.506 e. The van der Waals surface area contributed by atoms with Gasteiger partial charge in [0.2, 0.25) is 0 Å². The normalized spacial score (nSPS) is 9.36. The van der Waals surface area contributed by atoms with Gasteiger partial charge in [0.25, 0.3) is 0 Å². The van der Waals surface area contributed by atoms with Crippen LogP contribution in [0.25, 0.3) is 0 Å². The molecule has 0 spiro atoms. The molecule has 3 N–H and O–H groups in total. The Morgan fingerprint density at radius 3 is 2.21 bits per heavy atom. The molecule has 5 nitrogen and oxygen atoms in total.